The summed E-state index contributed by atoms with van der Waals surface area (Å²) in [4.78, 5) is 0. The van der Waals surface area contributed by atoms with E-state index in [9.17, 15) is 5.11 Å². The number of rotatable bonds is 4. The minimum absolute atomic E-state index is 0.262. The molecule has 2 aromatic rings. The van der Waals surface area contributed by atoms with E-state index in [1.165, 1.54) is 11.1 Å². The lowest BCUT2D eigenvalue weighted by Gasteiger charge is -2.19. The molecule has 104 valence electrons. The van der Waals surface area contributed by atoms with Crippen molar-refractivity contribution in [2.24, 2.45) is 0 Å². The van der Waals surface area contributed by atoms with Gasteiger partial charge in [0.2, 0.25) is 0 Å². The SMILES string of the molecule is CC(Cc1ccc(O)cc1)NC1COc2ccccc21. The molecule has 2 aromatic carbocycles. The van der Waals surface area contributed by atoms with Crippen LogP contribution in [0.2, 0.25) is 0 Å². The summed E-state index contributed by atoms with van der Waals surface area (Å²) in [5.41, 5.74) is 2.46. The van der Waals surface area contributed by atoms with Gasteiger partial charge in [-0.2, -0.15) is 0 Å². The van der Waals surface area contributed by atoms with Crippen molar-refractivity contribution in [2.75, 3.05) is 6.61 Å². The molecule has 0 aromatic heterocycles. The average molecular weight is 269 g/mol. The predicted octanol–water partition coefficient (Wildman–Crippen LogP) is 3.05. The van der Waals surface area contributed by atoms with Crippen molar-refractivity contribution in [1.29, 1.82) is 0 Å². The summed E-state index contributed by atoms with van der Waals surface area (Å²) in [6.45, 7) is 2.87. The molecule has 3 nitrogen and oxygen atoms in total. The third kappa shape index (κ3) is 2.78. The Morgan fingerprint density at radius 1 is 1.20 bits per heavy atom. The van der Waals surface area contributed by atoms with Crippen LogP contribution in [0.15, 0.2) is 48.5 Å². The van der Waals surface area contributed by atoms with Gasteiger partial charge >= 0.3 is 0 Å². The summed E-state index contributed by atoms with van der Waals surface area (Å²) < 4.78 is 5.68. The second-order valence-electron chi connectivity index (χ2n) is 5.34. The molecule has 0 aliphatic carbocycles. The Kier molecular flexibility index (Phi) is 3.61. The van der Waals surface area contributed by atoms with Crippen LogP contribution in [0.4, 0.5) is 0 Å². The van der Waals surface area contributed by atoms with Gasteiger partial charge in [0.25, 0.3) is 0 Å². The van der Waals surface area contributed by atoms with Crippen molar-refractivity contribution >= 4 is 0 Å². The van der Waals surface area contributed by atoms with Crippen molar-refractivity contribution in [2.45, 2.75) is 25.4 Å². The van der Waals surface area contributed by atoms with Crippen LogP contribution in [-0.2, 0) is 6.42 Å². The van der Waals surface area contributed by atoms with Gasteiger partial charge in [-0.1, -0.05) is 30.3 Å². The monoisotopic (exact) mass is 269 g/mol. The molecule has 0 saturated carbocycles. The minimum atomic E-state index is 0.262. The fraction of sp³-hybridized carbons (Fsp3) is 0.294. The number of aromatic hydroxyl groups is 1. The molecule has 3 heteroatoms. The molecular weight excluding hydrogens is 250 g/mol. The topological polar surface area (TPSA) is 41.5 Å². The molecule has 0 bridgehead atoms. The lowest BCUT2D eigenvalue weighted by atomic mass is 10.0. The molecule has 0 radical (unpaired) electrons. The zero-order chi connectivity index (χ0) is 13.9. The van der Waals surface area contributed by atoms with Crippen LogP contribution in [0.5, 0.6) is 11.5 Å². The number of benzene rings is 2. The molecule has 1 aliphatic rings. The van der Waals surface area contributed by atoms with Crippen LogP contribution in [0, 0.1) is 0 Å². The molecule has 3 rings (SSSR count). The molecule has 1 heterocycles. The van der Waals surface area contributed by atoms with E-state index in [0.717, 1.165) is 12.2 Å². The van der Waals surface area contributed by atoms with E-state index in [2.05, 4.69) is 18.3 Å². The first-order chi connectivity index (χ1) is 9.72. The number of para-hydroxylation sites is 1. The first kappa shape index (κ1) is 13.0. The Balaban J connectivity index is 1.62. The first-order valence-corrected chi connectivity index (χ1v) is 6.98. The quantitative estimate of drug-likeness (QED) is 0.896. The number of hydrogen-bond acceptors (Lipinski definition) is 3. The maximum absolute atomic E-state index is 9.30. The highest BCUT2D eigenvalue weighted by Gasteiger charge is 2.24. The van der Waals surface area contributed by atoms with E-state index in [-0.39, 0.29) is 6.04 Å². The summed E-state index contributed by atoms with van der Waals surface area (Å²) in [5, 5.41) is 12.9. The molecular formula is C17H19NO2. The molecule has 2 atom stereocenters. The fourth-order valence-corrected chi connectivity index (χ4v) is 2.69. The molecule has 0 spiro atoms. The van der Waals surface area contributed by atoms with Crippen LogP contribution in [0.3, 0.4) is 0 Å². The van der Waals surface area contributed by atoms with Gasteiger partial charge in [0.15, 0.2) is 0 Å². The van der Waals surface area contributed by atoms with Crippen molar-refractivity contribution in [3.05, 3.63) is 59.7 Å². The van der Waals surface area contributed by atoms with E-state index in [0.29, 0.717) is 18.4 Å². The van der Waals surface area contributed by atoms with Crippen molar-refractivity contribution in [1.82, 2.24) is 5.32 Å². The first-order valence-electron chi connectivity index (χ1n) is 6.98. The number of hydrogen-bond donors (Lipinski definition) is 2. The van der Waals surface area contributed by atoms with E-state index >= 15 is 0 Å². The van der Waals surface area contributed by atoms with Gasteiger partial charge in [-0.15, -0.1) is 0 Å². The van der Waals surface area contributed by atoms with Crippen LogP contribution < -0.4 is 10.1 Å². The van der Waals surface area contributed by atoms with Crippen molar-refractivity contribution < 1.29 is 9.84 Å². The minimum Gasteiger partial charge on any atom is -0.508 e. The molecule has 0 amide bonds. The van der Waals surface area contributed by atoms with Crippen molar-refractivity contribution in [3.8, 4) is 11.5 Å². The Morgan fingerprint density at radius 2 is 1.95 bits per heavy atom. The van der Waals surface area contributed by atoms with Crippen LogP contribution in [0.25, 0.3) is 0 Å². The summed E-state index contributed by atoms with van der Waals surface area (Å²) >= 11 is 0. The fourth-order valence-electron chi connectivity index (χ4n) is 2.69. The predicted molar refractivity (Wildman–Crippen MR) is 79.1 cm³/mol. The average Bonchev–Trinajstić information content (AvgIpc) is 2.85. The number of fused-ring (bicyclic) bond motifs is 1. The van der Waals surface area contributed by atoms with Gasteiger partial charge in [-0.25, -0.2) is 0 Å². The van der Waals surface area contributed by atoms with Crippen molar-refractivity contribution in [3.63, 3.8) is 0 Å². The van der Waals surface area contributed by atoms with Gasteiger partial charge < -0.3 is 15.2 Å². The lowest BCUT2D eigenvalue weighted by molar-refractivity contribution is 0.299. The van der Waals surface area contributed by atoms with Crippen LogP contribution in [-0.4, -0.2) is 17.8 Å². The standard InChI is InChI=1S/C17H19NO2/c1-12(10-13-6-8-14(19)9-7-13)18-16-11-20-17-5-3-2-4-15(16)17/h2-9,12,16,18-19H,10-11H2,1H3. The van der Waals surface area contributed by atoms with Gasteiger partial charge in [0.05, 0.1) is 6.04 Å². The summed E-state index contributed by atoms with van der Waals surface area (Å²) in [5.74, 6) is 1.30. The summed E-state index contributed by atoms with van der Waals surface area (Å²) in [7, 11) is 0. The Bertz CT molecular complexity index is 580. The third-order valence-electron chi connectivity index (χ3n) is 3.66. The highest BCUT2D eigenvalue weighted by molar-refractivity contribution is 5.39. The highest BCUT2D eigenvalue weighted by atomic mass is 16.5. The number of phenols is 1. The molecule has 2 unspecified atom stereocenters. The highest BCUT2D eigenvalue weighted by Crippen LogP contribution is 2.32. The van der Waals surface area contributed by atoms with E-state index < -0.39 is 0 Å². The number of phenolic OH excluding ortho intramolecular Hbond substituents is 1. The zero-order valence-corrected chi connectivity index (χ0v) is 11.5. The smallest absolute Gasteiger partial charge is 0.124 e. The Morgan fingerprint density at radius 3 is 2.75 bits per heavy atom. The van der Waals surface area contributed by atoms with E-state index in [1.54, 1.807) is 12.1 Å². The van der Waals surface area contributed by atoms with E-state index in [1.807, 2.05) is 30.3 Å². The molecule has 20 heavy (non-hydrogen) atoms. The maximum atomic E-state index is 9.30. The van der Waals surface area contributed by atoms with Crippen LogP contribution in [0.1, 0.15) is 24.1 Å². The Labute approximate surface area is 119 Å². The van der Waals surface area contributed by atoms with Gasteiger partial charge in [0, 0.05) is 11.6 Å². The summed E-state index contributed by atoms with van der Waals surface area (Å²) in [6.07, 6.45) is 0.930. The second-order valence-corrected chi connectivity index (χ2v) is 5.34. The van der Waals surface area contributed by atoms with Crippen LogP contribution >= 0.6 is 0 Å². The van der Waals surface area contributed by atoms with Gasteiger partial charge in [-0.05, 0) is 37.1 Å². The molecule has 0 saturated heterocycles. The number of nitrogens with one attached hydrogen (secondary N) is 1. The second kappa shape index (κ2) is 5.55. The van der Waals surface area contributed by atoms with Gasteiger partial charge in [0.1, 0.15) is 18.1 Å². The molecule has 1 aliphatic heterocycles. The van der Waals surface area contributed by atoms with E-state index in [4.69, 9.17) is 4.74 Å². The Hall–Kier alpha value is -2.00. The molecule has 0 fully saturated rings. The zero-order valence-electron chi connectivity index (χ0n) is 11.5. The normalized spacial score (nSPS) is 18.4. The third-order valence-corrected chi connectivity index (χ3v) is 3.66. The lowest BCUT2D eigenvalue weighted by Crippen LogP contribution is -2.33. The number of ether oxygens (including phenoxy) is 1. The largest absolute Gasteiger partial charge is 0.508 e. The summed E-state index contributed by atoms with van der Waals surface area (Å²) in [6, 6.07) is 16.2. The van der Waals surface area contributed by atoms with Gasteiger partial charge in [-0.3, -0.25) is 0 Å². The maximum Gasteiger partial charge on any atom is 0.124 e. The molecule has 2 N–H and O–H groups in total.